The normalized spacial score (nSPS) is 16.0. The summed E-state index contributed by atoms with van der Waals surface area (Å²) in [7, 11) is 5.73. The van der Waals surface area contributed by atoms with Gasteiger partial charge in [-0.15, -0.1) is 0 Å². The lowest BCUT2D eigenvalue weighted by molar-refractivity contribution is 0.313. The number of nitrogens with two attached hydrogens (primary N) is 1. The lowest BCUT2D eigenvalue weighted by atomic mass is 10.0. The molecular formula is C16H23N5O. The summed E-state index contributed by atoms with van der Waals surface area (Å²) in [4.78, 5) is 4.74. The first kappa shape index (κ1) is 14.7. The zero-order valence-corrected chi connectivity index (χ0v) is 13.4. The maximum Gasteiger partial charge on any atom is 0.143 e. The van der Waals surface area contributed by atoms with Crippen LogP contribution in [0, 0.1) is 0 Å². The highest BCUT2D eigenvalue weighted by Gasteiger charge is 2.20. The number of ether oxygens (including phenoxy) is 1. The van der Waals surface area contributed by atoms with Crippen molar-refractivity contribution >= 4 is 11.4 Å². The van der Waals surface area contributed by atoms with Gasteiger partial charge in [-0.2, -0.15) is 5.10 Å². The summed E-state index contributed by atoms with van der Waals surface area (Å²) in [5.74, 6) is 0.724. The van der Waals surface area contributed by atoms with Gasteiger partial charge >= 0.3 is 0 Å². The highest BCUT2D eigenvalue weighted by Crippen LogP contribution is 2.38. The number of hydrogen-bond acceptors (Lipinski definition) is 5. The second-order valence-electron chi connectivity index (χ2n) is 5.80. The maximum atomic E-state index is 6.12. The number of likely N-dealkylation sites (N-methyl/N-ethyl adjacent to an activating group) is 1. The van der Waals surface area contributed by atoms with Crippen LogP contribution in [0.4, 0.5) is 11.4 Å². The van der Waals surface area contributed by atoms with Crippen molar-refractivity contribution in [2.45, 2.75) is 0 Å². The first-order valence-corrected chi connectivity index (χ1v) is 7.48. The third-order valence-electron chi connectivity index (χ3n) is 4.21. The molecule has 0 aliphatic carbocycles. The fraction of sp³-hybridized carbons (Fsp3) is 0.438. The lowest BCUT2D eigenvalue weighted by Crippen LogP contribution is -2.44. The van der Waals surface area contributed by atoms with Gasteiger partial charge in [-0.05, 0) is 13.1 Å². The second-order valence-corrected chi connectivity index (χ2v) is 5.80. The Balaban J connectivity index is 2.05. The number of nitrogens with zero attached hydrogens (tertiary/aromatic N) is 4. The predicted octanol–water partition coefficient (Wildman–Crippen LogP) is 1.43. The zero-order valence-electron chi connectivity index (χ0n) is 13.4. The summed E-state index contributed by atoms with van der Waals surface area (Å²) < 4.78 is 7.22. The van der Waals surface area contributed by atoms with E-state index in [2.05, 4.69) is 21.9 Å². The van der Waals surface area contributed by atoms with Crippen LogP contribution in [-0.4, -0.2) is 55.0 Å². The number of rotatable bonds is 3. The Morgan fingerprint density at radius 1 is 1.14 bits per heavy atom. The van der Waals surface area contributed by atoms with Crippen molar-refractivity contribution < 1.29 is 4.74 Å². The third-order valence-corrected chi connectivity index (χ3v) is 4.21. The van der Waals surface area contributed by atoms with Crippen LogP contribution in [-0.2, 0) is 7.05 Å². The van der Waals surface area contributed by atoms with Crippen LogP contribution in [0.5, 0.6) is 5.75 Å². The molecule has 2 N–H and O–H groups in total. The summed E-state index contributed by atoms with van der Waals surface area (Å²) in [6, 6.07) is 4.03. The molecule has 1 fully saturated rings. The van der Waals surface area contributed by atoms with E-state index in [0.29, 0.717) is 5.69 Å². The average Bonchev–Trinajstić information content (AvgIpc) is 2.94. The molecule has 22 heavy (non-hydrogen) atoms. The van der Waals surface area contributed by atoms with Crippen molar-refractivity contribution in [3.8, 4) is 16.9 Å². The van der Waals surface area contributed by atoms with Gasteiger partial charge < -0.3 is 20.3 Å². The fourth-order valence-corrected chi connectivity index (χ4v) is 2.86. The number of hydrogen-bond donors (Lipinski definition) is 1. The van der Waals surface area contributed by atoms with E-state index < -0.39 is 0 Å². The molecule has 2 aromatic rings. The van der Waals surface area contributed by atoms with Gasteiger partial charge in [0.25, 0.3) is 0 Å². The first-order chi connectivity index (χ1) is 10.6. The molecule has 1 aliphatic heterocycles. The van der Waals surface area contributed by atoms with Crippen LogP contribution in [0.2, 0.25) is 0 Å². The van der Waals surface area contributed by atoms with E-state index in [1.165, 1.54) is 0 Å². The van der Waals surface area contributed by atoms with Crippen LogP contribution in [0.1, 0.15) is 0 Å². The summed E-state index contributed by atoms with van der Waals surface area (Å²) in [5.41, 5.74) is 10.1. The minimum Gasteiger partial charge on any atom is -0.495 e. The molecule has 0 radical (unpaired) electrons. The highest BCUT2D eigenvalue weighted by molar-refractivity contribution is 5.83. The highest BCUT2D eigenvalue weighted by atomic mass is 16.5. The van der Waals surface area contributed by atoms with Crippen molar-refractivity contribution in [1.82, 2.24) is 14.7 Å². The number of methoxy groups -OCH3 is 1. The molecule has 2 heterocycles. The van der Waals surface area contributed by atoms with E-state index >= 15 is 0 Å². The largest absolute Gasteiger partial charge is 0.495 e. The molecular weight excluding hydrogens is 278 g/mol. The van der Waals surface area contributed by atoms with Gasteiger partial charge in [-0.25, -0.2) is 0 Å². The van der Waals surface area contributed by atoms with Crippen LogP contribution in [0.25, 0.3) is 11.1 Å². The minimum atomic E-state index is 0.652. The Morgan fingerprint density at radius 2 is 1.86 bits per heavy atom. The van der Waals surface area contributed by atoms with Gasteiger partial charge in [0.15, 0.2) is 0 Å². The molecule has 6 nitrogen and oxygen atoms in total. The molecule has 0 unspecified atom stereocenters. The summed E-state index contributed by atoms with van der Waals surface area (Å²) in [5, 5.41) is 4.28. The Labute approximate surface area is 131 Å². The molecule has 118 valence electrons. The summed E-state index contributed by atoms with van der Waals surface area (Å²) in [6.07, 6.45) is 3.89. The van der Waals surface area contributed by atoms with E-state index in [0.717, 1.165) is 48.7 Å². The van der Waals surface area contributed by atoms with E-state index in [4.69, 9.17) is 10.5 Å². The van der Waals surface area contributed by atoms with Crippen LogP contribution < -0.4 is 15.4 Å². The lowest BCUT2D eigenvalue weighted by Gasteiger charge is -2.35. The molecule has 1 aromatic carbocycles. The van der Waals surface area contributed by atoms with Crippen molar-refractivity contribution in [1.29, 1.82) is 0 Å². The molecule has 1 aliphatic rings. The molecule has 3 rings (SSSR count). The van der Waals surface area contributed by atoms with Crippen LogP contribution in [0.15, 0.2) is 24.5 Å². The summed E-state index contributed by atoms with van der Waals surface area (Å²) >= 11 is 0. The fourth-order valence-electron chi connectivity index (χ4n) is 2.86. The Bertz CT molecular complexity index is 659. The van der Waals surface area contributed by atoms with Gasteiger partial charge in [0.1, 0.15) is 5.75 Å². The number of nitrogen functional groups attached to an aromatic ring is 1. The molecule has 0 bridgehead atoms. The molecule has 6 heteroatoms. The average molecular weight is 301 g/mol. The SMILES string of the molecule is COc1cc(N2CCN(C)CC2)c(-c2cnn(C)c2)cc1N. The predicted molar refractivity (Wildman–Crippen MR) is 89.3 cm³/mol. The quantitative estimate of drug-likeness (QED) is 0.869. The molecule has 1 saturated heterocycles. The molecule has 0 spiro atoms. The first-order valence-electron chi connectivity index (χ1n) is 7.48. The van der Waals surface area contributed by atoms with Crippen molar-refractivity contribution in [2.24, 2.45) is 7.05 Å². The Hall–Kier alpha value is -2.21. The van der Waals surface area contributed by atoms with Crippen molar-refractivity contribution in [3.63, 3.8) is 0 Å². The maximum absolute atomic E-state index is 6.12. The molecule has 1 aromatic heterocycles. The number of piperazine rings is 1. The van der Waals surface area contributed by atoms with Gasteiger partial charge in [-0.3, -0.25) is 4.68 Å². The third kappa shape index (κ3) is 2.74. The van der Waals surface area contributed by atoms with Crippen molar-refractivity contribution in [2.75, 3.05) is 51.0 Å². The van der Waals surface area contributed by atoms with Crippen LogP contribution in [0.3, 0.4) is 0 Å². The van der Waals surface area contributed by atoms with Gasteiger partial charge in [-0.1, -0.05) is 0 Å². The van der Waals surface area contributed by atoms with E-state index in [1.54, 1.807) is 7.11 Å². The molecule has 0 atom stereocenters. The second kappa shape index (κ2) is 5.88. The Morgan fingerprint density at radius 3 is 2.45 bits per heavy atom. The zero-order chi connectivity index (χ0) is 15.7. The van der Waals surface area contributed by atoms with Gasteiger partial charge in [0, 0.05) is 62.3 Å². The van der Waals surface area contributed by atoms with E-state index in [-0.39, 0.29) is 0 Å². The molecule has 0 saturated carbocycles. The van der Waals surface area contributed by atoms with Gasteiger partial charge in [0.2, 0.25) is 0 Å². The number of anilines is 2. The monoisotopic (exact) mass is 301 g/mol. The molecule has 0 amide bonds. The van der Waals surface area contributed by atoms with E-state index in [9.17, 15) is 0 Å². The number of aryl methyl sites for hydroxylation is 1. The van der Waals surface area contributed by atoms with Crippen molar-refractivity contribution in [3.05, 3.63) is 24.5 Å². The van der Waals surface area contributed by atoms with Gasteiger partial charge in [0.05, 0.1) is 19.0 Å². The topological polar surface area (TPSA) is 59.5 Å². The standard InChI is InChI=1S/C16H23N5O/c1-19-4-6-21(7-5-19)15-9-16(22-3)14(17)8-13(15)12-10-18-20(2)11-12/h8-11H,4-7,17H2,1-3H3. The summed E-state index contributed by atoms with van der Waals surface area (Å²) in [6.45, 7) is 4.10. The minimum absolute atomic E-state index is 0.652. The Kier molecular flexibility index (Phi) is 3.94. The smallest absolute Gasteiger partial charge is 0.143 e. The van der Waals surface area contributed by atoms with Crippen LogP contribution >= 0.6 is 0 Å². The van der Waals surface area contributed by atoms with E-state index in [1.807, 2.05) is 36.3 Å². The number of benzene rings is 1. The number of aromatic nitrogens is 2.